The van der Waals surface area contributed by atoms with Gasteiger partial charge in [0, 0.05) is 66.4 Å². The highest BCUT2D eigenvalue weighted by molar-refractivity contribution is 6.32. The van der Waals surface area contributed by atoms with Crippen molar-refractivity contribution < 1.29 is 122 Å². The number of hydrogen-bond acceptors (Lipinski definition) is 26. The molecule has 123 heavy (non-hydrogen) atoms. The van der Waals surface area contributed by atoms with Gasteiger partial charge in [-0.2, -0.15) is 0 Å². The topological polar surface area (TPSA) is 502 Å². The van der Waals surface area contributed by atoms with Crippen LogP contribution in [-0.2, 0) is 52.6 Å². The first-order valence-electron chi connectivity index (χ1n) is 41.6. The number of fused-ring (bicyclic) bond motifs is 15. The number of benzene rings is 6. The van der Waals surface area contributed by atoms with Gasteiger partial charge in [-0.25, -0.2) is 4.79 Å². The second-order valence-electron chi connectivity index (χ2n) is 34.4. The average molecular weight is 1740 g/mol. The first-order chi connectivity index (χ1) is 58.5. The molecule has 6 aromatic rings. The summed E-state index contributed by atoms with van der Waals surface area (Å²) < 4.78 is 50.6. The molecule has 18 atom stereocenters. The lowest BCUT2D eigenvalue weighted by Crippen LogP contribution is -2.64. The van der Waals surface area contributed by atoms with Gasteiger partial charge in [0.1, 0.15) is 89.2 Å². The van der Waals surface area contributed by atoms with E-state index in [9.17, 15) is 55.2 Å². The highest BCUT2D eigenvalue weighted by Gasteiger charge is 2.53. The van der Waals surface area contributed by atoms with Crippen LogP contribution in [0.1, 0.15) is 177 Å². The number of anilines is 1. The number of hydrogen-bond donors (Lipinski definition) is 15. The first-order valence-corrected chi connectivity index (χ1v) is 42.3. The maximum Gasteiger partial charge on any atom is 0.417 e. The lowest BCUT2D eigenvalue weighted by molar-refractivity contribution is -0.333. The number of aliphatic hydroxyl groups is 6. The molecule has 2 saturated heterocycles. The minimum atomic E-state index is -2.20. The summed E-state index contributed by atoms with van der Waals surface area (Å²) in [5, 5.41) is 109. The van der Waals surface area contributed by atoms with Crippen molar-refractivity contribution >= 4 is 81.9 Å². The number of Topliss-reactive ketones (excluding diaryl/α,β-unsaturated/α-hetero) is 3. The number of amides is 6. The Bertz CT molecular complexity index is 5020. The highest BCUT2D eigenvalue weighted by Crippen LogP contribution is 2.59. The zero-order chi connectivity index (χ0) is 88.1. The number of aliphatic hydroxyl groups excluding tert-OH is 6. The van der Waals surface area contributed by atoms with Gasteiger partial charge in [0.05, 0.1) is 47.3 Å². The van der Waals surface area contributed by atoms with Crippen molar-refractivity contribution in [2.75, 3.05) is 18.5 Å². The summed E-state index contributed by atoms with van der Waals surface area (Å²) in [5.41, 5.74) is 9.68. The fourth-order valence-electron chi connectivity index (χ4n) is 19.1. The molecule has 658 valence electrons. The second kappa shape index (κ2) is 37.0. The number of aromatic hydroxyl groups is 2. The zero-order valence-electron chi connectivity index (χ0n) is 68.4. The van der Waals surface area contributed by atoms with Crippen LogP contribution in [-0.4, -0.2) is 174 Å². The maximum atomic E-state index is 16.7. The summed E-state index contributed by atoms with van der Waals surface area (Å²) in [6, 6.07) is 13.7. The molecule has 6 amide bonds. The number of ketones is 3. The largest absolute Gasteiger partial charge is 0.507 e. The number of primary amides is 1. The van der Waals surface area contributed by atoms with E-state index in [-0.39, 0.29) is 108 Å². The third kappa shape index (κ3) is 19.3. The monoisotopic (exact) mass is 1740 g/mol. The van der Waals surface area contributed by atoms with Crippen LogP contribution in [0.5, 0.6) is 51.7 Å². The Morgan fingerprint density at radius 2 is 1.33 bits per heavy atom. The number of rotatable bonds is 19. The van der Waals surface area contributed by atoms with Gasteiger partial charge >= 0.3 is 6.09 Å². The van der Waals surface area contributed by atoms with Crippen LogP contribution in [0, 0.1) is 47.3 Å². The number of halogens is 2. The predicted octanol–water partition coefficient (Wildman–Crippen LogP) is 8.77. The Morgan fingerprint density at radius 3 is 1.93 bits per heavy atom. The Morgan fingerprint density at radius 1 is 0.683 bits per heavy atom. The van der Waals surface area contributed by atoms with Crippen LogP contribution in [0.3, 0.4) is 0 Å². The maximum absolute atomic E-state index is 16.7. The number of phenols is 2. The van der Waals surface area contributed by atoms with E-state index in [4.69, 9.17) is 72.6 Å². The van der Waals surface area contributed by atoms with Crippen molar-refractivity contribution in [3.63, 3.8) is 0 Å². The molecule has 4 saturated carbocycles. The van der Waals surface area contributed by atoms with Gasteiger partial charge < -0.3 is 111 Å². The third-order valence-electron chi connectivity index (χ3n) is 25.2. The van der Waals surface area contributed by atoms with Crippen molar-refractivity contribution in [3.8, 4) is 62.9 Å². The van der Waals surface area contributed by atoms with Crippen LogP contribution < -0.4 is 61.7 Å². The number of carbonyl (C=O) groups excluding carboxylic acids is 9. The van der Waals surface area contributed by atoms with E-state index < -0.39 is 216 Å². The Labute approximate surface area is 718 Å². The van der Waals surface area contributed by atoms with Gasteiger partial charge in [-0.3, -0.25) is 43.7 Å². The first kappa shape index (κ1) is 89.2. The van der Waals surface area contributed by atoms with Crippen molar-refractivity contribution in [2.45, 2.75) is 216 Å². The molecule has 4 aliphatic carbocycles. The van der Waals surface area contributed by atoms with Gasteiger partial charge in [-0.1, -0.05) is 62.2 Å². The lowest BCUT2D eigenvalue weighted by Gasteiger charge is -2.54. The van der Waals surface area contributed by atoms with Gasteiger partial charge in [0.25, 0.3) is 0 Å². The van der Waals surface area contributed by atoms with E-state index in [0.29, 0.717) is 37.0 Å². The summed E-state index contributed by atoms with van der Waals surface area (Å²) >= 11 is 14.5. The minimum Gasteiger partial charge on any atom is -0.507 e. The molecule has 0 radical (unpaired) electrons. The van der Waals surface area contributed by atoms with Crippen LogP contribution in [0.2, 0.25) is 10.0 Å². The van der Waals surface area contributed by atoms with Crippen molar-refractivity contribution in [1.29, 1.82) is 0 Å². The molecule has 32 nitrogen and oxygen atoms in total. The van der Waals surface area contributed by atoms with Gasteiger partial charge in [-0.05, 0) is 208 Å². The normalized spacial score (nSPS) is 30.8. The molecule has 6 fully saturated rings. The molecule has 17 rings (SSSR count). The molecule has 7 heterocycles. The highest BCUT2D eigenvalue weighted by atomic mass is 35.5. The average Bonchev–Trinajstić information content (AvgIpc) is 0.755. The molecule has 11 aliphatic rings. The predicted molar refractivity (Wildman–Crippen MR) is 441 cm³/mol. The van der Waals surface area contributed by atoms with Crippen LogP contribution >= 0.6 is 23.2 Å². The number of nitrogens with two attached hydrogens (primary N) is 2. The van der Waals surface area contributed by atoms with Gasteiger partial charge in [0.15, 0.2) is 41.2 Å². The van der Waals surface area contributed by atoms with E-state index >= 15 is 28.8 Å². The van der Waals surface area contributed by atoms with E-state index in [1.807, 2.05) is 13.8 Å². The van der Waals surface area contributed by atoms with Crippen molar-refractivity contribution in [1.82, 2.24) is 21.3 Å². The van der Waals surface area contributed by atoms with Gasteiger partial charge in [0.2, 0.25) is 41.6 Å². The minimum absolute atomic E-state index is 0.0214. The molecule has 34 heteroatoms. The number of ether oxygens (including phenoxy) is 8. The van der Waals surface area contributed by atoms with Crippen molar-refractivity contribution in [2.24, 2.45) is 58.8 Å². The van der Waals surface area contributed by atoms with Crippen LogP contribution in [0.4, 0.5) is 10.5 Å². The fraction of sp³-hybridized carbons (Fsp3) is 0.494. The fourth-order valence-corrected chi connectivity index (χ4v) is 19.6. The summed E-state index contributed by atoms with van der Waals surface area (Å²) in [4.78, 5) is 138. The zero-order valence-corrected chi connectivity index (χ0v) is 69.9. The van der Waals surface area contributed by atoms with E-state index in [1.165, 1.54) is 68.4 Å². The molecule has 15 bridgehead atoms. The molecular formula is C89H103Cl2N7O25. The van der Waals surface area contributed by atoms with Crippen LogP contribution in [0.15, 0.2) is 103 Å². The summed E-state index contributed by atoms with van der Waals surface area (Å²) in [6.07, 6.45) is -16.4. The second-order valence-corrected chi connectivity index (χ2v) is 35.3. The van der Waals surface area contributed by atoms with Crippen LogP contribution in [0.25, 0.3) is 11.1 Å². The van der Waals surface area contributed by atoms with Gasteiger partial charge in [-0.15, -0.1) is 0 Å². The summed E-state index contributed by atoms with van der Waals surface area (Å²) in [6.45, 7) is 9.79. The number of nitrogens with one attached hydrogen (secondary N) is 5. The quantitative estimate of drug-likeness (QED) is 0.0360. The summed E-state index contributed by atoms with van der Waals surface area (Å²) in [5.74, 6) is -15.3. The summed E-state index contributed by atoms with van der Waals surface area (Å²) in [7, 11) is 0. The number of carbonyl (C=O) groups is 9. The standard InChI is InChI=1S/C89H103Cl2N7O25/c1-7-42(19-38(3)4)83(111)97-74-61(102)28-49(31-69(92)105)84(112)95-72-48-29-66(119-64-17-10-44(76(74)106)26-57(64)90)80(123-87-81(79(109)78(108)68(37-99)121-87)122-70-36-89(6,93)82(110)39(5)117-70)67(30-48)120-65-18-11-45(27-58(65)91)77(107)75-86(114)96-73(63(104)34-53-46-21-40-20-41(23-46)24-47(53)22-40)56-32-52(118-88(115)94-50-12-14-51(15-13-50)116-8-2)33-60(101)71(56)55-25-43(9-16-59(55)100)54(35-62(72)103)85(113)98-75/h9-18,25-27,29-30,32-33,38-42,46-47,49,53-54,68,70,72-79,81-82,87,99-101,106-110H,7-8,19-24,28,31,34-37,93H2,1-6H3,(H2,92,105)(H,94,115)(H,95,112)(H,96,114)(H,97,111)(H,98,113)/t39-,40?,41?,42+,46?,47?,49-,53?,54+,68+,70-,72+,73-,74-,75-,76+,77+,78+,79-,81+,82+,87-,89-/m0/s1. The molecular weight excluding hydrogens is 1640 g/mol. The van der Waals surface area contributed by atoms with Crippen molar-refractivity contribution in [3.05, 3.63) is 141 Å². The van der Waals surface area contributed by atoms with E-state index in [1.54, 1.807) is 38.1 Å². The Balaban J connectivity index is 0.961. The molecule has 0 unspecified atom stereocenters. The molecule has 6 aromatic carbocycles. The Kier molecular flexibility index (Phi) is 26.8. The third-order valence-corrected chi connectivity index (χ3v) is 25.7. The number of phenolic OH excluding ortho intramolecular Hbond substituents is 2. The molecule has 0 aromatic heterocycles. The molecule has 7 aliphatic heterocycles. The molecule has 0 spiro atoms. The smallest absolute Gasteiger partial charge is 0.417 e. The van der Waals surface area contributed by atoms with E-state index in [0.717, 1.165) is 56.4 Å². The van der Waals surface area contributed by atoms with E-state index in [2.05, 4.69) is 26.6 Å². The Hall–Kier alpha value is -10.1. The SMILES string of the molecule is CCOc1ccc(NC(=O)Oc2cc(O)c3c(c2)[C@@H](C(=O)CC2C4CC5CC(C4)CC2C5)NC(=O)[C@H]2NC(=O)[C@H](CC(=O)[C@@H]4NC(=O)[C@H](CC(N)=O)CC(=O)[C@H](NC(=O)[C@H](CC)CC(C)C)[C@H](O)c5ccc(c(Cl)c5)Oc5cc4cc(c5O[C@@H]4O[C@H](CO)[C@@H](O)[C@H](O)[C@H]4O[C@H]4C[C@](C)(N)[C@H](O)[C@H](C)O4)Oc4ccc(cc4Cl)[C@H]2O)c2ccc(O)c-3c2)cc1. The molecule has 17 N–H and O–H groups in total. The lowest BCUT2D eigenvalue weighted by atomic mass is 9.51.